The highest BCUT2D eigenvalue weighted by Crippen LogP contribution is 2.51. The smallest absolute Gasteiger partial charge is 0.394 e. The summed E-state index contributed by atoms with van der Waals surface area (Å²) in [7, 11) is 0. The first-order chi connectivity index (χ1) is 24.8. The van der Waals surface area contributed by atoms with Crippen molar-refractivity contribution in [3.05, 3.63) is 77.3 Å². The molecule has 1 amide bonds. The van der Waals surface area contributed by atoms with Gasteiger partial charge in [0.25, 0.3) is 5.91 Å². The first kappa shape index (κ1) is 38.0. The van der Waals surface area contributed by atoms with Gasteiger partial charge in [-0.1, -0.05) is 69.6 Å². The number of amides is 1. The minimum atomic E-state index is -4.72. The lowest BCUT2D eigenvalue weighted by atomic mass is 9.74. The van der Waals surface area contributed by atoms with Crippen molar-refractivity contribution in [3.63, 3.8) is 0 Å². The summed E-state index contributed by atoms with van der Waals surface area (Å²) in [4.78, 5) is 37.8. The number of nitrogens with one attached hydrogen (secondary N) is 1. The quantitative estimate of drug-likeness (QED) is 0.105. The van der Waals surface area contributed by atoms with Gasteiger partial charge in [-0.2, -0.15) is 23.4 Å². The zero-order valence-corrected chi connectivity index (χ0v) is 30.7. The molecule has 2 aliphatic rings. The molecule has 1 aliphatic heterocycles. The highest BCUT2D eigenvalue weighted by atomic mass is 35.5. The highest BCUT2D eigenvalue weighted by molar-refractivity contribution is 6.33. The molecule has 16 heteroatoms. The summed E-state index contributed by atoms with van der Waals surface area (Å²) >= 11 is 6.51. The van der Waals surface area contributed by atoms with E-state index in [0.717, 1.165) is 42.7 Å². The van der Waals surface area contributed by atoms with E-state index < -0.39 is 59.7 Å². The van der Waals surface area contributed by atoms with Crippen molar-refractivity contribution in [3.8, 4) is 22.5 Å². The molecule has 0 spiro atoms. The molecule has 6 rings (SSSR count). The molecule has 11 nitrogen and oxygen atoms in total. The highest BCUT2D eigenvalue weighted by Gasteiger charge is 2.59. The monoisotopic (exact) mass is 756 g/mol. The standard InChI is InChI=1S/C37H41ClF4N8O3/c1-21(39)34(2,3)15-30(51)53-18-29(23-8-13-28(38)27(14-23)31-44-20-45-48-31)50-32(52)36(47-33(50)43,19-35(4,5)37(40,41)42)25-9-6-22(7-10-25)24-16-46-49(17-24)26-11-12-26/h6-10,13-14,16-17,20-21,26,29H,11-12,15,18-19H2,1-5H3,(H2,43,47)(H,44,45,48)/t21?,29-,36-/m1/s1. The fraction of sp³-hybridized carbons (Fsp3) is 0.459. The number of ether oxygens (including phenoxy) is 1. The Balaban J connectivity index is 1.41. The number of H-pyrrole nitrogens is 1. The number of carbonyl (C=O) groups is 2. The van der Waals surface area contributed by atoms with Gasteiger partial charge >= 0.3 is 12.1 Å². The van der Waals surface area contributed by atoms with Gasteiger partial charge in [-0.25, -0.2) is 14.4 Å². The summed E-state index contributed by atoms with van der Waals surface area (Å²) in [6, 6.07) is 10.4. The number of hydrogen-bond donors (Lipinski definition) is 2. The van der Waals surface area contributed by atoms with Gasteiger partial charge in [0.05, 0.1) is 35.1 Å². The van der Waals surface area contributed by atoms with Crippen LogP contribution in [-0.2, 0) is 19.9 Å². The van der Waals surface area contributed by atoms with Gasteiger partial charge in [-0.05, 0) is 55.0 Å². The van der Waals surface area contributed by atoms with E-state index in [0.29, 0.717) is 23.0 Å². The van der Waals surface area contributed by atoms with Gasteiger partial charge in [-0.15, -0.1) is 0 Å². The Morgan fingerprint density at radius 2 is 1.81 bits per heavy atom. The van der Waals surface area contributed by atoms with E-state index in [1.807, 2.05) is 10.9 Å². The Morgan fingerprint density at radius 3 is 2.42 bits per heavy atom. The van der Waals surface area contributed by atoms with E-state index in [2.05, 4.69) is 25.3 Å². The van der Waals surface area contributed by atoms with Crippen LogP contribution in [0.25, 0.3) is 22.5 Å². The predicted octanol–water partition coefficient (Wildman–Crippen LogP) is 7.71. The van der Waals surface area contributed by atoms with Crippen LogP contribution in [0.5, 0.6) is 0 Å². The molecule has 2 aromatic carbocycles. The molecule has 3 heterocycles. The molecule has 1 saturated carbocycles. The number of alkyl halides is 4. The summed E-state index contributed by atoms with van der Waals surface area (Å²) in [5.41, 5.74) is 3.46. The van der Waals surface area contributed by atoms with Crippen LogP contribution in [0, 0.1) is 10.8 Å². The van der Waals surface area contributed by atoms with E-state index in [-0.39, 0.29) is 23.0 Å². The van der Waals surface area contributed by atoms with Gasteiger partial charge in [0, 0.05) is 22.7 Å². The number of halogens is 5. The minimum absolute atomic E-state index is 0.191. The van der Waals surface area contributed by atoms with E-state index in [1.165, 1.54) is 19.3 Å². The minimum Gasteiger partial charge on any atom is -0.463 e. The number of aromatic nitrogens is 5. The largest absolute Gasteiger partial charge is 0.463 e. The van der Waals surface area contributed by atoms with Gasteiger partial charge < -0.3 is 10.5 Å². The second-order valence-electron chi connectivity index (χ2n) is 15.1. The summed E-state index contributed by atoms with van der Waals surface area (Å²) in [6.45, 7) is 6.02. The van der Waals surface area contributed by atoms with Crippen LogP contribution >= 0.6 is 11.6 Å². The Morgan fingerprint density at radius 1 is 1.11 bits per heavy atom. The maximum atomic E-state index is 14.9. The van der Waals surface area contributed by atoms with Crippen LogP contribution in [0.1, 0.15) is 83.5 Å². The lowest BCUT2D eigenvalue weighted by Gasteiger charge is -2.37. The number of carbonyl (C=O) groups excluding carboxylic acids is 2. The van der Waals surface area contributed by atoms with Crippen LogP contribution in [-0.4, -0.2) is 66.7 Å². The van der Waals surface area contributed by atoms with E-state index >= 15 is 0 Å². The fourth-order valence-electron chi connectivity index (χ4n) is 6.33. The van der Waals surface area contributed by atoms with Crippen LogP contribution in [0.15, 0.2) is 66.2 Å². The van der Waals surface area contributed by atoms with Crippen LogP contribution in [0.3, 0.4) is 0 Å². The molecule has 3 atom stereocenters. The van der Waals surface area contributed by atoms with Gasteiger partial charge in [-0.3, -0.25) is 24.3 Å². The zero-order chi connectivity index (χ0) is 38.5. The van der Waals surface area contributed by atoms with Crippen molar-refractivity contribution in [1.29, 1.82) is 0 Å². The number of aliphatic imine (C=N–C) groups is 1. The molecule has 2 aromatic heterocycles. The molecule has 53 heavy (non-hydrogen) atoms. The molecular formula is C37H41ClF4N8O3. The molecule has 1 aliphatic carbocycles. The summed E-state index contributed by atoms with van der Waals surface area (Å²) in [5, 5.41) is 11.3. The van der Waals surface area contributed by atoms with E-state index in [4.69, 9.17) is 22.1 Å². The fourth-order valence-corrected chi connectivity index (χ4v) is 6.54. The number of nitrogens with zero attached hydrogens (tertiary/aromatic N) is 6. The van der Waals surface area contributed by atoms with E-state index in [1.54, 1.807) is 56.4 Å². The summed E-state index contributed by atoms with van der Waals surface area (Å²) < 4.78 is 65.5. The van der Waals surface area contributed by atoms with Crippen molar-refractivity contribution < 1.29 is 31.9 Å². The number of aromatic amines is 1. The molecule has 0 bridgehead atoms. The van der Waals surface area contributed by atoms with Crippen LogP contribution in [0.4, 0.5) is 17.6 Å². The molecule has 282 valence electrons. The first-order valence-corrected chi connectivity index (χ1v) is 17.6. The van der Waals surface area contributed by atoms with Crippen molar-refractivity contribution in [1.82, 2.24) is 29.9 Å². The zero-order valence-electron chi connectivity index (χ0n) is 29.9. The maximum Gasteiger partial charge on any atom is 0.394 e. The lowest BCUT2D eigenvalue weighted by Crippen LogP contribution is -2.49. The lowest BCUT2D eigenvalue weighted by molar-refractivity contribution is -0.218. The number of nitrogens with two attached hydrogens (primary N) is 1. The van der Waals surface area contributed by atoms with E-state index in [9.17, 15) is 27.2 Å². The second-order valence-corrected chi connectivity index (χ2v) is 15.5. The topological polar surface area (TPSA) is 144 Å². The Bertz CT molecular complexity index is 2010. The van der Waals surface area contributed by atoms with Crippen molar-refractivity contribution >= 4 is 29.4 Å². The SMILES string of the molecule is CC(F)C(C)(C)CC(=O)OC[C@H](c1ccc(Cl)c(-c2ncn[nH]2)c1)N1C(=O)[C@@](CC(C)(C)C(F)(F)F)(c2ccc(-c3cnn(C4CC4)c3)cc2)N=C1N. The summed E-state index contributed by atoms with van der Waals surface area (Å²) in [6.07, 6.45) is -0.125. The third kappa shape index (κ3) is 7.53. The summed E-state index contributed by atoms with van der Waals surface area (Å²) in [5.74, 6) is -1.68. The average Bonchev–Trinajstić information content (AvgIpc) is 3.45. The van der Waals surface area contributed by atoms with Gasteiger partial charge in [0.1, 0.15) is 19.1 Å². The number of benzene rings is 2. The third-order valence-corrected chi connectivity index (χ3v) is 10.6. The van der Waals surface area contributed by atoms with Gasteiger partial charge in [0.15, 0.2) is 17.3 Å². The number of rotatable bonds is 13. The van der Waals surface area contributed by atoms with Crippen LogP contribution in [0.2, 0.25) is 5.02 Å². The van der Waals surface area contributed by atoms with Crippen LogP contribution < -0.4 is 5.73 Å². The Kier molecular flexibility index (Phi) is 9.94. The normalized spacial score (nSPS) is 19.3. The van der Waals surface area contributed by atoms with Crippen molar-refractivity contribution in [2.75, 3.05) is 6.61 Å². The third-order valence-electron chi connectivity index (χ3n) is 10.2. The molecule has 3 N–H and O–H groups in total. The molecule has 1 fully saturated rings. The maximum absolute atomic E-state index is 14.9. The Labute approximate surface area is 309 Å². The molecule has 1 unspecified atom stereocenters. The predicted molar refractivity (Wildman–Crippen MR) is 190 cm³/mol. The van der Waals surface area contributed by atoms with Gasteiger partial charge in [0.2, 0.25) is 0 Å². The second kappa shape index (κ2) is 13.9. The molecule has 4 aromatic rings. The van der Waals surface area contributed by atoms with Crippen molar-refractivity contribution in [2.45, 2.75) is 90.3 Å². The average molecular weight is 757 g/mol. The van der Waals surface area contributed by atoms with Crippen molar-refractivity contribution in [2.24, 2.45) is 21.6 Å². The molecular weight excluding hydrogens is 716 g/mol. The Hall–Kier alpha value is -4.79. The number of hydrogen-bond acceptors (Lipinski definition) is 8. The molecule has 0 saturated heterocycles. The first-order valence-electron chi connectivity index (χ1n) is 17.2. The number of esters is 1. The number of guanidine groups is 1. The molecule has 0 radical (unpaired) electrons.